The molecule has 0 aliphatic carbocycles. The van der Waals surface area contributed by atoms with Gasteiger partial charge in [-0.25, -0.2) is 47.7 Å². The molecule has 4 fully saturated rings. The van der Waals surface area contributed by atoms with Crippen molar-refractivity contribution in [2.75, 3.05) is 57.8 Å². The van der Waals surface area contributed by atoms with Crippen molar-refractivity contribution in [2.24, 2.45) is 7.05 Å². The molecule has 0 saturated carbocycles. The van der Waals surface area contributed by atoms with Gasteiger partial charge in [-0.1, -0.05) is 4.98 Å². The summed E-state index contributed by atoms with van der Waals surface area (Å²) < 4.78 is 135. The second-order valence-corrected chi connectivity index (χ2v) is 30.5. The Morgan fingerprint density at radius 2 is 1.06 bits per heavy atom. The summed E-state index contributed by atoms with van der Waals surface area (Å²) in [5.74, 6) is -1.05. The standard InChI is InChI=1S/C43H56N19O30P5S/c1-58-13-62(33-21(58)36(69)57-43(46)54-33)39-24(65)26(79-2)16(86-39)6-82-94(72,73)91-96(76,77)92-95(74,75)83-7-18-28(29(80-3)40(88-18)59-10-49-14-4-47-9-48-30(14)59)90-97(78,98)84-8-17-27(25(66)38(87-17)61-12-51-20-32(61)53-42(45)56-35(20)68)89-93(70,71)81-5-15-22(63)23(64)37(85-15)60-11-50-19-31(60)52-41(44)55-34(19)67/h4,9-13,15-18,22-29,37-40,63-66H,5-8H2,1-3H3,(H13-,44,45,46,52,53,54,55,56,57,67,68,69,70,71,72,73,74,75,76,77,78,98)/p+1. The van der Waals surface area contributed by atoms with Crippen molar-refractivity contribution in [3.63, 3.8) is 0 Å². The number of aromatic nitrogens is 16. The zero-order valence-electron chi connectivity index (χ0n) is 49.8. The lowest BCUT2D eigenvalue weighted by molar-refractivity contribution is -0.745. The van der Waals surface area contributed by atoms with Gasteiger partial charge in [0.2, 0.25) is 23.6 Å². The van der Waals surface area contributed by atoms with Gasteiger partial charge in [0.15, 0.2) is 53.0 Å². The van der Waals surface area contributed by atoms with Crippen LogP contribution in [0.3, 0.4) is 0 Å². The van der Waals surface area contributed by atoms with Gasteiger partial charge in [0.1, 0.15) is 85.1 Å². The molecular weight excluding hydrogens is 1450 g/mol. The van der Waals surface area contributed by atoms with Crippen molar-refractivity contribution in [2.45, 2.75) is 98.2 Å². The van der Waals surface area contributed by atoms with E-state index in [9.17, 15) is 77.5 Å². The molecule has 98 heavy (non-hydrogen) atoms. The van der Waals surface area contributed by atoms with Crippen LogP contribution in [0.4, 0.5) is 17.8 Å². The second kappa shape index (κ2) is 27.2. The minimum atomic E-state index is -6.25. The van der Waals surface area contributed by atoms with Gasteiger partial charge >= 0.3 is 43.7 Å². The Hall–Kier alpha value is -6.35. The lowest BCUT2D eigenvalue weighted by atomic mass is 10.1. The summed E-state index contributed by atoms with van der Waals surface area (Å²) in [6.45, 7) is -9.34. The highest BCUT2D eigenvalue weighted by Crippen LogP contribution is 2.68. The van der Waals surface area contributed by atoms with Crippen LogP contribution in [0.5, 0.6) is 0 Å². The van der Waals surface area contributed by atoms with E-state index in [0.717, 1.165) is 42.3 Å². The van der Waals surface area contributed by atoms with Gasteiger partial charge in [-0.15, -0.1) is 0 Å². The van der Waals surface area contributed by atoms with Gasteiger partial charge in [-0.05, 0) is 11.8 Å². The van der Waals surface area contributed by atoms with Crippen LogP contribution < -0.4 is 38.4 Å². The van der Waals surface area contributed by atoms with Crippen LogP contribution in [0.25, 0.3) is 44.7 Å². The van der Waals surface area contributed by atoms with E-state index in [1.807, 2.05) is 0 Å². The number of hydrogen-bond acceptors (Lipinski definition) is 37. The third-order valence-electron chi connectivity index (χ3n) is 15.3. The Kier molecular flexibility index (Phi) is 19.8. The number of aryl methyl sites for hydroxylation is 1. The number of H-pyrrole nitrogens is 3. The molecule has 4 aliphatic heterocycles. The SMILES string of the molecule is COC1C(COP(=O)(O)OP(=O)(O)OP(=O)(O)OCC2OC(n3cnc4cncnc43)C(OC)C2OP(O)(=S)OCC2OC(n3cnc4c(=O)[nH]c(N)nc43)C(O)C2OP(=O)(O)OCC2OC(n3cnc4c(=O)[nH]c(N)nc43)C(O)C2O)OC([n+]2cn(C)c3c(=O)[nH]c(N)nc32)C1O. The number of nitrogen functional groups attached to an aromatic ring is 3. The molecule has 49 nitrogen and oxygen atoms in total. The van der Waals surface area contributed by atoms with Crippen molar-refractivity contribution in [1.29, 1.82) is 0 Å². The third kappa shape index (κ3) is 14.3. The van der Waals surface area contributed by atoms with E-state index in [2.05, 4.69) is 63.4 Å². The van der Waals surface area contributed by atoms with Crippen molar-refractivity contribution in [1.82, 2.24) is 73.1 Å². The van der Waals surface area contributed by atoms with Crippen molar-refractivity contribution < 1.29 is 132 Å². The van der Waals surface area contributed by atoms with Crippen LogP contribution in [0.2, 0.25) is 0 Å². The molecule has 18 N–H and O–H groups in total. The van der Waals surface area contributed by atoms with Crippen molar-refractivity contribution >= 4 is 112 Å². The summed E-state index contributed by atoms with van der Waals surface area (Å²) in [5, 5.41) is 45.1. The predicted octanol–water partition coefficient (Wildman–Crippen LogP) is -5.05. The molecule has 21 atom stereocenters. The Morgan fingerprint density at radius 1 is 0.561 bits per heavy atom. The number of ether oxygens (including phenoxy) is 6. The van der Waals surface area contributed by atoms with Crippen LogP contribution in [0.15, 0.2) is 52.2 Å². The number of aliphatic hydroxyl groups excluding tert-OH is 4. The molecule has 0 radical (unpaired) electrons. The number of phosphoric ester groups is 3. The van der Waals surface area contributed by atoms with Crippen LogP contribution in [-0.4, -0.2) is 232 Å². The van der Waals surface area contributed by atoms with Gasteiger partial charge in [0, 0.05) is 14.2 Å². The van der Waals surface area contributed by atoms with E-state index >= 15 is 0 Å². The van der Waals surface area contributed by atoms with Gasteiger partial charge in [0.05, 0.1) is 58.7 Å². The number of anilines is 3. The zero-order valence-corrected chi connectivity index (χ0v) is 55.1. The van der Waals surface area contributed by atoms with Gasteiger partial charge in [-0.3, -0.25) is 70.2 Å². The fraction of sp³-hybridized carbons (Fsp3) is 0.535. The van der Waals surface area contributed by atoms with E-state index in [-0.39, 0.29) is 56.6 Å². The summed E-state index contributed by atoms with van der Waals surface area (Å²) in [6.07, 6.45) is -20.2. The van der Waals surface area contributed by atoms with Gasteiger partial charge < -0.3 is 95.0 Å². The van der Waals surface area contributed by atoms with E-state index in [0.29, 0.717) is 0 Å². The van der Waals surface area contributed by atoms with Crippen molar-refractivity contribution in [3.05, 3.63) is 68.9 Å². The highest BCUT2D eigenvalue weighted by Gasteiger charge is 2.55. The van der Waals surface area contributed by atoms with Crippen LogP contribution in [0, 0.1) is 0 Å². The number of fused-ring (bicyclic) bond motifs is 4. The molecule has 534 valence electrons. The lowest BCUT2D eigenvalue weighted by Crippen LogP contribution is -2.46. The summed E-state index contributed by atoms with van der Waals surface area (Å²) in [7, 11) is -20.0. The zero-order chi connectivity index (χ0) is 70.5. The maximum absolute atomic E-state index is 13.9. The molecule has 8 aromatic rings. The van der Waals surface area contributed by atoms with E-state index in [4.69, 9.17) is 84.6 Å². The molecule has 12 heterocycles. The number of nitrogens with two attached hydrogens (primary N) is 3. The smallest absolute Gasteiger partial charge is 0.387 e. The number of phosphoric acid groups is 4. The third-order valence-corrected chi connectivity index (χ3v) is 22.1. The van der Waals surface area contributed by atoms with Crippen molar-refractivity contribution in [3.8, 4) is 0 Å². The quantitative estimate of drug-likeness (QED) is 0.0178. The molecule has 8 aromatic heterocycles. The first kappa shape index (κ1) is 71.5. The number of rotatable bonds is 26. The molecule has 21 unspecified atom stereocenters. The molecule has 4 aliphatic rings. The maximum Gasteiger partial charge on any atom is 0.490 e. The fourth-order valence-electron chi connectivity index (χ4n) is 11.2. The predicted molar refractivity (Wildman–Crippen MR) is 319 cm³/mol. The molecule has 0 aromatic carbocycles. The molecule has 55 heteroatoms. The first-order valence-electron chi connectivity index (χ1n) is 27.9. The molecule has 0 amide bonds. The largest absolute Gasteiger partial charge is 0.490 e. The van der Waals surface area contributed by atoms with E-state index in [1.165, 1.54) is 39.6 Å². The average molecular weight is 1510 g/mol. The topological polar surface area (TPSA) is 683 Å². The highest BCUT2D eigenvalue weighted by atomic mass is 32.5. The Morgan fingerprint density at radius 3 is 1.67 bits per heavy atom. The highest BCUT2D eigenvalue weighted by molar-refractivity contribution is 8.07. The van der Waals surface area contributed by atoms with E-state index < -0.39 is 185 Å². The average Bonchev–Trinajstić information content (AvgIpc) is 1.63. The number of nitrogens with zero attached hydrogens (tertiary/aromatic N) is 13. The summed E-state index contributed by atoms with van der Waals surface area (Å²) >= 11 is 5.42. The molecule has 0 bridgehead atoms. The molecular formula is C43H57N19O30P5S+. The van der Waals surface area contributed by atoms with Gasteiger partial charge in [0.25, 0.3) is 22.6 Å². The molecule has 4 saturated heterocycles. The van der Waals surface area contributed by atoms with Crippen LogP contribution >= 0.6 is 38.0 Å². The summed E-state index contributed by atoms with van der Waals surface area (Å²) in [5.41, 5.74) is 14.2. The fourth-order valence-corrected chi connectivity index (χ4v) is 17.1. The Labute approximate surface area is 547 Å². The minimum absolute atomic E-state index is 0.00266. The first-order chi connectivity index (χ1) is 46.1. The Bertz CT molecular complexity index is 4790. The lowest BCUT2D eigenvalue weighted by Gasteiger charge is -2.28. The van der Waals surface area contributed by atoms with Crippen LogP contribution in [0.1, 0.15) is 24.9 Å². The second-order valence-electron chi connectivity index (χ2n) is 21.6. The number of nitrogens with one attached hydrogen (secondary N) is 3. The maximum atomic E-state index is 13.9. The number of hydrogen-bond donors (Lipinski definition) is 15. The molecule has 12 rings (SSSR count). The normalized spacial score (nSPS) is 30.7. The first-order valence-corrected chi connectivity index (χ1v) is 36.5. The van der Waals surface area contributed by atoms with E-state index in [1.54, 1.807) is 0 Å². The minimum Gasteiger partial charge on any atom is -0.387 e. The number of imidazole rings is 4. The van der Waals surface area contributed by atoms with Crippen LogP contribution in [-0.2, 0) is 101 Å². The number of aliphatic hydroxyl groups is 4. The number of methoxy groups -OCH3 is 2. The van der Waals surface area contributed by atoms with Gasteiger partial charge in [-0.2, -0.15) is 18.6 Å². The number of aromatic amines is 3. The monoisotopic (exact) mass is 1510 g/mol. The Balaban J connectivity index is 0.736. The molecule has 0 spiro atoms. The summed E-state index contributed by atoms with van der Waals surface area (Å²) in [6, 6.07) is 0. The summed E-state index contributed by atoms with van der Waals surface area (Å²) in [4.78, 5) is 132.